The third-order valence-corrected chi connectivity index (χ3v) is 5.44. The van der Waals surface area contributed by atoms with Crippen molar-refractivity contribution in [3.63, 3.8) is 0 Å². The van der Waals surface area contributed by atoms with Gasteiger partial charge in [0.05, 0.1) is 25.4 Å². The van der Waals surface area contributed by atoms with Crippen molar-refractivity contribution in [2.24, 2.45) is 0 Å². The first-order valence-corrected chi connectivity index (χ1v) is 10.8. The van der Waals surface area contributed by atoms with Gasteiger partial charge in [0.25, 0.3) is 0 Å². The van der Waals surface area contributed by atoms with Crippen molar-refractivity contribution in [2.45, 2.75) is 64.4 Å². The van der Waals surface area contributed by atoms with Crippen molar-refractivity contribution in [1.29, 1.82) is 0 Å². The second kappa shape index (κ2) is 14.5. The maximum Gasteiger partial charge on any atom is 0.184 e. The molecule has 184 valence electrons. The molecule has 0 radical (unpaired) electrons. The highest BCUT2D eigenvalue weighted by Gasteiger charge is 2.30. The highest BCUT2D eigenvalue weighted by Crippen LogP contribution is 2.24. The number of carbonyl (C=O) groups is 1. The van der Waals surface area contributed by atoms with Crippen LogP contribution in [0.3, 0.4) is 0 Å². The summed E-state index contributed by atoms with van der Waals surface area (Å²) < 4.78 is 22.8. The number of aliphatic hydroxyl groups is 3. The van der Waals surface area contributed by atoms with E-state index in [1.807, 2.05) is 6.92 Å². The molecule has 0 aromatic carbocycles. The van der Waals surface area contributed by atoms with Crippen LogP contribution in [0.15, 0.2) is 36.1 Å². The first-order valence-electron chi connectivity index (χ1n) is 10.8. The van der Waals surface area contributed by atoms with Crippen molar-refractivity contribution in [2.75, 3.05) is 40.0 Å². The fourth-order valence-corrected chi connectivity index (χ4v) is 3.34. The minimum Gasteiger partial charge on any atom is -0.507 e. The quantitative estimate of drug-likeness (QED) is 0.146. The standard InChI is InChI=1S/C23H39NO8/c1-7-19(27)17(4)23(28)18(5)20(8-10-25)32-21(31-16(3)14-26)12-15(2)24-9-11-30-22(13-24)29-6/h7,15-16,20-22,25-26,28H,1,5,8-14H2,2-4,6H3/b23-17-/t15-,16+,20+,21?,22+/m1/s1. The summed E-state index contributed by atoms with van der Waals surface area (Å²) in [7, 11) is 1.60. The Balaban J connectivity index is 3.00. The molecule has 0 aromatic heterocycles. The number of rotatable bonds is 15. The Morgan fingerprint density at radius 1 is 1.31 bits per heavy atom. The second-order valence-corrected chi connectivity index (χ2v) is 7.88. The number of hydrogen-bond acceptors (Lipinski definition) is 9. The molecule has 1 rings (SSSR count). The molecule has 0 saturated carbocycles. The number of nitrogens with zero attached hydrogens (tertiary/aromatic N) is 1. The first kappa shape index (κ1) is 28.4. The zero-order valence-electron chi connectivity index (χ0n) is 19.7. The van der Waals surface area contributed by atoms with Gasteiger partial charge in [-0.15, -0.1) is 0 Å². The number of morpholine rings is 1. The number of aliphatic hydroxyl groups excluding tert-OH is 3. The maximum atomic E-state index is 11.9. The minimum atomic E-state index is -0.799. The summed E-state index contributed by atoms with van der Waals surface area (Å²) in [5.41, 5.74) is 0.250. The first-order chi connectivity index (χ1) is 15.2. The average Bonchev–Trinajstić information content (AvgIpc) is 2.81. The Kier molecular flexibility index (Phi) is 12.9. The summed E-state index contributed by atoms with van der Waals surface area (Å²) in [5.74, 6) is -0.729. The molecule has 9 heteroatoms. The summed E-state index contributed by atoms with van der Waals surface area (Å²) in [6.07, 6.45) is -0.654. The molecule has 0 bridgehead atoms. The number of hydrogen-bond donors (Lipinski definition) is 3. The van der Waals surface area contributed by atoms with Gasteiger partial charge < -0.3 is 34.3 Å². The molecule has 0 amide bonds. The zero-order valence-corrected chi connectivity index (χ0v) is 19.7. The van der Waals surface area contributed by atoms with Crippen molar-refractivity contribution in [3.05, 3.63) is 36.1 Å². The van der Waals surface area contributed by atoms with E-state index in [0.717, 1.165) is 12.6 Å². The average molecular weight is 458 g/mol. The van der Waals surface area contributed by atoms with Crippen molar-refractivity contribution >= 4 is 5.78 Å². The molecule has 1 aliphatic rings. The molecule has 0 spiro atoms. The van der Waals surface area contributed by atoms with Crippen LogP contribution in [0.4, 0.5) is 0 Å². The van der Waals surface area contributed by atoms with Gasteiger partial charge in [-0.1, -0.05) is 13.2 Å². The predicted molar refractivity (Wildman–Crippen MR) is 120 cm³/mol. The molecule has 3 N–H and O–H groups in total. The summed E-state index contributed by atoms with van der Waals surface area (Å²) in [5, 5.41) is 29.5. The summed E-state index contributed by atoms with van der Waals surface area (Å²) in [6.45, 7) is 14.0. The van der Waals surface area contributed by atoms with Gasteiger partial charge in [-0.3, -0.25) is 9.69 Å². The fraction of sp³-hybridized carbons (Fsp3) is 0.696. The normalized spacial score (nSPS) is 21.9. The fourth-order valence-electron chi connectivity index (χ4n) is 3.34. The Labute approximate surface area is 190 Å². The second-order valence-electron chi connectivity index (χ2n) is 7.88. The van der Waals surface area contributed by atoms with Crippen LogP contribution in [0.2, 0.25) is 0 Å². The summed E-state index contributed by atoms with van der Waals surface area (Å²) >= 11 is 0. The molecule has 0 aliphatic carbocycles. The summed E-state index contributed by atoms with van der Waals surface area (Å²) in [6, 6.07) is 0.0312. The third-order valence-electron chi connectivity index (χ3n) is 5.44. The lowest BCUT2D eigenvalue weighted by molar-refractivity contribution is -0.208. The zero-order chi connectivity index (χ0) is 24.3. The van der Waals surface area contributed by atoms with Crippen molar-refractivity contribution < 1.29 is 39.1 Å². The van der Waals surface area contributed by atoms with Crippen LogP contribution in [0.25, 0.3) is 0 Å². The third kappa shape index (κ3) is 8.74. The van der Waals surface area contributed by atoms with Crippen molar-refractivity contribution in [1.82, 2.24) is 4.90 Å². The number of carbonyl (C=O) groups excluding carboxylic acids is 1. The molecular formula is C23H39NO8. The molecule has 5 atom stereocenters. The lowest BCUT2D eigenvalue weighted by atomic mass is 10.0. The van der Waals surface area contributed by atoms with E-state index in [9.17, 15) is 20.1 Å². The Bertz CT molecular complexity index is 650. The van der Waals surface area contributed by atoms with Gasteiger partial charge in [-0.2, -0.15) is 0 Å². The molecule has 32 heavy (non-hydrogen) atoms. The van der Waals surface area contributed by atoms with E-state index in [1.54, 1.807) is 14.0 Å². The van der Waals surface area contributed by atoms with Gasteiger partial charge in [0.2, 0.25) is 0 Å². The van der Waals surface area contributed by atoms with E-state index >= 15 is 0 Å². The molecule has 1 unspecified atom stereocenters. The largest absolute Gasteiger partial charge is 0.507 e. The van der Waals surface area contributed by atoms with E-state index in [1.165, 1.54) is 6.92 Å². The Morgan fingerprint density at radius 2 is 2.00 bits per heavy atom. The number of methoxy groups -OCH3 is 1. The van der Waals surface area contributed by atoms with E-state index in [-0.39, 0.29) is 48.9 Å². The van der Waals surface area contributed by atoms with Gasteiger partial charge >= 0.3 is 0 Å². The lowest BCUT2D eigenvalue weighted by Gasteiger charge is -2.38. The number of ketones is 1. The summed E-state index contributed by atoms with van der Waals surface area (Å²) in [4.78, 5) is 14.1. The topological polar surface area (TPSA) is 118 Å². The van der Waals surface area contributed by atoms with Gasteiger partial charge in [0.15, 0.2) is 18.4 Å². The van der Waals surface area contributed by atoms with Crippen LogP contribution in [-0.2, 0) is 23.7 Å². The van der Waals surface area contributed by atoms with Crippen molar-refractivity contribution in [3.8, 4) is 0 Å². The van der Waals surface area contributed by atoms with E-state index < -0.39 is 24.3 Å². The van der Waals surface area contributed by atoms with Gasteiger partial charge in [-0.25, -0.2) is 0 Å². The van der Waals surface area contributed by atoms with Gasteiger partial charge in [-0.05, 0) is 26.8 Å². The smallest absolute Gasteiger partial charge is 0.184 e. The minimum absolute atomic E-state index is 0.0312. The predicted octanol–water partition coefficient (Wildman–Crippen LogP) is 1.70. The number of allylic oxidation sites excluding steroid dienone is 2. The molecule has 1 fully saturated rings. The van der Waals surface area contributed by atoms with E-state index in [4.69, 9.17) is 18.9 Å². The lowest BCUT2D eigenvalue weighted by Crippen LogP contribution is -2.49. The monoisotopic (exact) mass is 457 g/mol. The van der Waals surface area contributed by atoms with Crippen LogP contribution in [0.5, 0.6) is 0 Å². The Morgan fingerprint density at radius 3 is 2.56 bits per heavy atom. The maximum absolute atomic E-state index is 11.9. The molecule has 9 nitrogen and oxygen atoms in total. The highest BCUT2D eigenvalue weighted by molar-refractivity contribution is 6.03. The van der Waals surface area contributed by atoms with Gasteiger partial charge in [0, 0.05) is 56.8 Å². The van der Waals surface area contributed by atoms with Crippen LogP contribution in [-0.4, -0.2) is 96.9 Å². The van der Waals surface area contributed by atoms with Gasteiger partial charge in [0.1, 0.15) is 5.76 Å². The number of ether oxygens (including phenoxy) is 4. The highest BCUT2D eigenvalue weighted by atomic mass is 16.7. The van der Waals surface area contributed by atoms with Crippen LogP contribution in [0.1, 0.15) is 33.6 Å². The van der Waals surface area contributed by atoms with Crippen LogP contribution < -0.4 is 0 Å². The molecular weight excluding hydrogens is 418 g/mol. The van der Waals surface area contributed by atoms with Crippen LogP contribution in [0, 0.1) is 0 Å². The SMILES string of the molecule is C=CC(=O)/C(C)=C(\O)C(=C)[C@H](CCO)OC(C[C@@H](C)N1CCO[C@H](OC)C1)O[C@@H](C)CO. The molecule has 1 saturated heterocycles. The molecule has 1 aliphatic heterocycles. The Hall–Kier alpha value is -1.59. The van der Waals surface area contributed by atoms with E-state index in [2.05, 4.69) is 18.1 Å². The van der Waals surface area contributed by atoms with Crippen LogP contribution >= 0.6 is 0 Å². The van der Waals surface area contributed by atoms with E-state index in [0.29, 0.717) is 19.6 Å². The molecule has 1 heterocycles. The molecule has 0 aromatic rings.